The zero-order valence-corrected chi connectivity index (χ0v) is 27.1. The van der Waals surface area contributed by atoms with Crippen molar-refractivity contribution in [2.45, 2.75) is 5.66 Å². The number of anilines is 4. The first-order valence-corrected chi connectivity index (χ1v) is 16.7. The van der Waals surface area contributed by atoms with E-state index in [-0.39, 0.29) is 0 Å². The monoisotopic (exact) mass is 654 g/mol. The summed E-state index contributed by atoms with van der Waals surface area (Å²) in [7, 11) is 0. The van der Waals surface area contributed by atoms with Crippen LogP contribution in [0.25, 0.3) is 43.9 Å². The summed E-state index contributed by atoms with van der Waals surface area (Å²) in [6.07, 6.45) is 0. The van der Waals surface area contributed by atoms with Crippen molar-refractivity contribution >= 4 is 66.6 Å². The first kappa shape index (κ1) is 28.7. The summed E-state index contributed by atoms with van der Waals surface area (Å²) in [4.78, 5) is 4.56. The van der Waals surface area contributed by atoms with Gasteiger partial charge in [0.25, 0.3) is 0 Å². The molecule has 51 heavy (non-hydrogen) atoms. The molecular formula is C45H26N4O2. The second-order valence-corrected chi connectivity index (χ2v) is 12.7. The number of para-hydroxylation sites is 2. The average Bonchev–Trinajstić information content (AvgIpc) is 3.85. The number of hydrogen-bond acceptors (Lipinski definition) is 6. The molecule has 3 heterocycles. The van der Waals surface area contributed by atoms with Crippen LogP contribution in [-0.4, -0.2) is 0 Å². The Morgan fingerprint density at radius 1 is 0.412 bits per heavy atom. The van der Waals surface area contributed by atoms with Crippen LogP contribution in [0, 0.1) is 22.7 Å². The van der Waals surface area contributed by atoms with Gasteiger partial charge in [0.15, 0.2) is 5.66 Å². The zero-order valence-electron chi connectivity index (χ0n) is 27.1. The number of nitriles is 2. The maximum atomic E-state index is 10.3. The fraction of sp³-hybridized carbons (Fsp3) is 0.0222. The van der Waals surface area contributed by atoms with Gasteiger partial charge in [0.05, 0.1) is 22.5 Å². The lowest BCUT2D eigenvalue weighted by molar-refractivity contribution is 0.559. The summed E-state index contributed by atoms with van der Waals surface area (Å²) in [5.74, 6) is 0. The van der Waals surface area contributed by atoms with Crippen molar-refractivity contribution < 1.29 is 8.83 Å². The maximum absolute atomic E-state index is 10.3. The molecule has 0 atom stereocenters. The smallest absolute Gasteiger partial charge is 0.175 e. The fourth-order valence-corrected chi connectivity index (χ4v) is 7.95. The maximum Gasteiger partial charge on any atom is 0.175 e. The molecule has 1 aliphatic heterocycles. The molecule has 7 aromatic carbocycles. The van der Waals surface area contributed by atoms with Gasteiger partial charge in [-0.1, -0.05) is 97.1 Å². The van der Waals surface area contributed by atoms with Crippen molar-refractivity contribution in [1.29, 1.82) is 10.5 Å². The van der Waals surface area contributed by atoms with Crippen LogP contribution in [0.2, 0.25) is 0 Å². The summed E-state index contributed by atoms with van der Waals surface area (Å²) < 4.78 is 12.9. The standard InChI is InChI=1S/C45H26N4O2/c46-27-29-23-39-40(24-30(29)28-47)49(34-20-22-38-36-16-8-10-18-42(36)51-44(38)26-34)45(31-11-3-1-4-12-31,32-13-5-2-6-14-32)48(39)33-19-21-37-35-15-7-9-17-41(35)50-43(37)25-33/h1-26H. The van der Waals surface area contributed by atoms with Gasteiger partial charge in [-0.15, -0.1) is 0 Å². The van der Waals surface area contributed by atoms with Gasteiger partial charge in [0, 0.05) is 56.2 Å². The lowest BCUT2D eigenvalue weighted by atomic mass is 9.87. The van der Waals surface area contributed by atoms with E-state index in [1.54, 1.807) is 0 Å². The first-order valence-electron chi connectivity index (χ1n) is 16.7. The van der Waals surface area contributed by atoms with Crippen molar-refractivity contribution in [3.05, 3.63) is 180 Å². The topological polar surface area (TPSA) is 80.3 Å². The molecule has 0 spiro atoms. The van der Waals surface area contributed by atoms with E-state index in [1.165, 1.54) is 0 Å². The van der Waals surface area contributed by atoms with Crippen LogP contribution in [0.4, 0.5) is 22.7 Å². The third-order valence-electron chi connectivity index (χ3n) is 10.1. The molecule has 6 nitrogen and oxygen atoms in total. The summed E-state index contributed by atoms with van der Waals surface area (Å²) in [5.41, 5.74) is 7.94. The van der Waals surface area contributed by atoms with Gasteiger partial charge >= 0.3 is 0 Å². The molecule has 0 fully saturated rings. The minimum Gasteiger partial charge on any atom is -0.456 e. The largest absolute Gasteiger partial charge is 0.456 e. The van der Waals surface area contributed by atoms with E-state index >= 15 is 0 Å². The van der Waals surface area contributed by atoms with Gasteiger partial charge in [0.2, 0.25) is 0 Å². The summed E-state index contributed by atoms with van der Waals surface area (Å²) in [6, 6.07) is 57.7. The average molecular weight is 655 g/mol. The molecule has 0 radical (unpaired) electrons. The Labute approximate surface area is 292 Å². The minimum atomic E-state index is -1.04. The van der Waals surface area contributed by atoms with Crippen LogP contribution in [-0.2, 0) is 5.66 Å². The molecule has 0 bridgehead atoms. The van der Waals surface area contributed by atoms with Gasteiger partial charge in [-0.3, -0.25) is 0 Å². The third kappa shape index (κ3) is 4.02. The van der Waals surface area contributed by atoms with Crippen LogP contribution in [0.5, 0.6) is 0 Å². The van der Waals surface area contributed by atoms with Crippen LogP contribution in [0.15, 0.2) is 167 Å². The second-order valence-electron chi connectivity index (χ2n) is 12.7. The van der Waals surface area contributed by atoms with Gasteiger partial charge in [-0.25, -0.2) is 0 Å². The van der Waals surface area contributed by atoms with Crippen LogP contribution in [0.1, 0.15) is 22.3 Å². The summed E-state index contributed by atoms with van der Waals surface area (Å²) in [6.45, 7) is 0. The molecule has 0 aliphatic carbocycles. The van der Waals surface area contributed by atoms with E-state index in [4.69, 9.17) is 8.83 Å². The lowest BCUT2D eigenvalue weighted by Gasteiger charge is -2.47. The number of nitrogens with zero attached hydrogens (tertiary/aromatic N) is 4. The molecule has 10 rings (SSSR count). The minimum absolute atomic E-state index is 0.302. The molecular weight excluding hydrogens is 629 g/mol. The SMILES string of the molecule is N#Cc1cc2c(cc1C#N)N(c1ccc3c(c1)oc1ccccc13)C(c1ccccc1)(c1ccccc1)N2c1ccc2c(c1)oc1ccccc12. The van der Waals surface area contributed by atoms with Crippen LogP contribution >= 0.6 is 0 Å². The van der Waals surface area contributed by atoms with Crippen LogP contribution in [0.3, 0.4) is 0 Å². The van der Waals surface area contributed by atoms with Crippen molar-refractivity contribution in [1.82, 2.24) is 0 Å². The van der Waals surface area contributed by atoms with E-state index in [0.717, 1.165) is 77.8 Å². The van der Waals surface area contributed by atoms with Crippen LogP contribution < -0.4 is 9.80 Å². The predicted molar refractivity (Wildman–Crippen MR) is 201 cm³/mol. The highest BCUT2D eigenvalue weighted by Crippen LogP contribution is 2.60. The normalized spacial score (nSPS) is 13.5. The number of rotatable bonds is 4. The first-order chi connectivity index (χ1) is 25.2. The highest BCUT2D eigenvalue weighted by Gasteiger charge is 2.54. The van der Waals surface area contributed by atoms with Crippen molar-refractivity contribution in [2.24, 2.45) is 0 Å². The molecule has 0 saturated carbocycles. The molecule has 0 saturated heterocycles. The molecule has 6 heteroatoms. The molecule has 0 amide bonds. The Morgan fingerprint density at radius 2 is 0.804 bits per heavy atom. The Kier molecular flexibility index (Phi) is 6.12. The van der Waals surface area contributed by atoms with Crippen molar-refractivity contribution in [3.8, 4) is 12.1 Å². The van der Waals surface area contributed by atoms with Crippen molar-refractivity contribution in [2.75, 3.05) is 9.80 Å². The number of furan rings is 2. The Morgan fingerprint density at radius 3 is 1.24 bits per heavy atom. The Bertz CT molecular complexity index is 2710. The van der Waals surface area contributed by atoms with E-state index in [9.17, 15) is 10.5 Å². The predicted octanol–water partition coefficient (Wildman–Crippen LogP) is 11.4. The van der Waals surface area contributed by atoms with Crippen molar-refractivity contribution in [3.63, 3.8) is 0 Å². The molecule has 0 unspecified atom stereocenters. The Hall–Kier alpha value is -7.28. The summed E-state index contributed by atoms with van der Waals surface area (Å²) in [5, 5.41) is 24.8. The number of fused-ring (bicyclic) bond motifs is 7. The number of hydrogen-bond donors (Lipinski definition) is 0. The molecule has 1 aliphatic rings. The quantitative estimate of drug-likeness (QED) is 0.188. The zero-order chi connectivity index (χ0) is 34.1. The molecule has 2 aromatic heterocycles. The highest BCUT2D eigenvalue weighted by atomic mass is 16.3. The van der Waals surface area contributed by atoms with Gasteiger partial charge in [0.1, 0.15) is 34.5 Å². The van der Waals surface area contributed by atoms with Gasteiger partial charge in [-0.05, 0) is 48.5 Å². The molecule has 0 N–H and O–H groups in total. The summed E-state index contributed by atoms with van der Waals surface area (Å²) >= 11 is 0. The molecule has 9 aromatic rings. The van der Waals surface area contributed by atoms with E-state index < -0.39 is 5.66 Å². The van der Waals surface area contributed by atoms with E-state index in [2.05, 4.69) is 94.7 Å². The number of benzene rings is 7. The second kappa shape index (κ2) is 10.9. The third-order valence-corrected chi connectivity index (χ3v) is 10.1. The van der Waals surface area contributed by atoms with Gasteiger partial charge in [-0.2, -0.15) is 10.5 Å². The molecule has 238 valence electrons. The van der Waals surface area contributed by atoms with E-state index in [0.29, 0.717) is 11.1 Å². The fourth-order valence-electron chi connectivity index (χ4n) is 7.95. The Balaban J connectivity index is 1.35. The van der Waals surface area contributed by atoms with Gasteiger partial charge < -0.3 is 18.6 Å². The highest BCUT2D eigenvalue weighted by molar-refractivity contribution is 6.08. The lowest BCUT2D eigenvalue weighted by Crippen LogP contribution is -2.51. The van der Waals surface area contributed by atoms with E-state index in [1.807, 2.05) is 84.9 Å².